The minimum absolute atomic E-state index is 0.0763. The van der Waals surface area contributed by atoms with Gasteiger partial charge < -0.3 is 9.32 Å². The van der Waals surface area contributed by atoms with Gasteiger partial charge in [0.25, 0.3) is 5.91 Å². The Labute approximate surface area is 85.8 Å². The largest absolute Gasteiger partial charge is 0.444 e. The summed E-state index contributed by atoms with van der Waals surface area (Å²) in [7, 11) is 1.77. The summed E-state index contributed by atoms with van der Waals surface area (Å²) >= 11 is 3.15. The molecule has 0 saturated heterocycles. The van der Waals surface area contributed by atoms with E-state index in [1.807, 2.05) is 6.92 Å². The van der Waals surface area contributed by atoms with Crippen molar-refractivity contribution < 1.29 is 9.21 Å². The zero-order valence-corrected chi connectivity index (χ0v) is 9.30. The van der Waals surface area contributed by atoms with E-state index in [9.17, 15) is 4.79 Å². The molecule has 0 aliphatic carbocycles. The smallest absolute Gasteiger partial charge is 0.289 e. The Kier molecular flexibility index (Phi) is 3.54. The van der Waals surface area contributed by atoms with Crippen LogP contribution in [0.25, 0.3) is 0 Å². The van der Waals surface area contributed by atoms with Crippen molar-refractivity contribution in [2.75, 3.05) is 13.6 Å². The van der Waals surface area contributed by atoms with Crippen LogP contribution < -0.4 is 0 Å². The molecule has 0 unspecified atom stereocenters. The molecule has 0 fully saturated rings. The van der Waals surface area contributed by atoms with Crippen molar-refractivity contribution in [2.24, 2.45) is 0 Å². The number of hydrogen-bond acceptors (Lipinski definition) is 2. The highest BCUT2D eigenvalue weighted by molar-refractivity contribution is 9.10. The molecule has 4 heteroatoms. The van der Waals surface area contributed by atoms with Crippen LogP contribution in [0.2, 0.25) is 0 Å². The molecule has 13 heavy (non-hydrogen) atoms. The van der Waals surface area contributed by atoms with E-state index in [4.69, 9.17) is 4.42 Å². The van der Waals surface area contributed by atoms with E-state index in [1.54, 1.807) is 24.1 Å². The fourth-order valence-corrected chi connectivity index (χ4v) is 1.36. The van der Waals surface area contributed by atoms with E-state index in [1.165, 1.54) is 0 Å². The quantitative estimate of drug-likeness (QED) is 0.821. The molecule has 0 spiro atoms. The van der Waals surface area contributed by atoms with Gasteiger partial charge in [0.05, 0.1) is 0 Å². The number of hydrogen-bond donors (Lipinski definition) is 0. The summed E-state index contributed by atoms with van der Waals surface area (Å²) in [6.45, 7) is 2.78. The molecule has 1 aromatic heterocycles. The lowest BCUT2D eigenvalue weighted by molar-refractivity contribution is 0.0762. The fraction of sp³-hybridized carbons (Fsp3) is 0.444. The molecular formula is C9H12BrNO2. The van der Waals surface area contributed by atoms with Crippen LogP contribution >= 0.6 is 15.9 Å². The van der Waals surface area contributed by atoms with E-state index in [2.05, 4.69) is 15.9 Å². The molecule has 72 valence electrons. The highest BCUT2D eigenvalue weighted by Crippen LogP contribution is 2.15. The van der Waals surface area contributed by atoms with Crippen molar-refractivity contribution in [3.8, 4) is 0 Å². The first kappa shape index (κ1) is 10.3. The highest BCUT2D eigenvalue weighted by Gasteiger charge is 2.14. The van der Waals surface area contributed by atoms with Gasteiger partial charge in [0.1, 0.15) is 0 Å². The highest BCUT2D eigenvalue weighted by atomic mass is 79.9. The lowest BCUT2D eigenvalue weighted by Gasteiger charge is -2.13. The van der Waals surface area contributed by atoms with Gasteiger partial charge in [0.2, 0.25) is 0 Å². The van der Waals surface area contributed by atoms with Crippen LogP contribution in [0.15, 0.2) is 21.2 Å². The molecular weight excluding hydrogens is 234 g/mol. The first-order valence-corrected chi connectivity index (χ1v) is 4.95. The van der Waals surface area contributed by atoms with E-state index < -0.39 is 0 Å². The van der Waals surface area contributed by atoms with E-state index in [0.29, 0.717) is 10.4 Å². The van der Waals surface area contributed by atoms with Crippen molar-refractivity contribution >= 4 is 21.8 Å². The topological polar surface area (TPSA) is 33.5 Å². The van der Waals surface area contributed by atoms with Gasteiger partial charge in [-0.1, -0.05) is 6.92 Å². The van der Waals surface area contributed by atoms with Gasteiger partial charge in [-0.25, -0.2) is 0 Å². The van der Waals surface area contributed by atoms with Gasteiger partial charge in [-0.05, 0) is 34.5 Å². The maximum Gasteiger partial charge on any atom is 0.289 e. The number of nitrogens with zero attached hydrogens (tertiary/aromatic N) is 1. The predicted octanol–water partition coefficient (Wildman–Crippen LogP) is 2.52. The molecule has 1 aromatic rings. The third-order valence-electron chi connectivity index (χ3n) is 1.69. The number of amides is 1. The first-order chi connectivity index (χ1) is 6.15. The monoisotopic (exact) mass is 245 g/mol. The van der Waals surface area contributed by atoms with Crippen LogP contribution in [0.4, 0.5) is 0 Å². The Morgan fingerprint density at radius 3 is 2.77 bits per heavy atom. The fourth-order valence-electron chi connectivity index (χ4n) is 1.05. The number of rotatable bonds is 3. The Balaban J connectivity index is 2.67. The molecule has 0 aliphatic rings. The van der Waals surface area contributed by atoms with E-state index in [0.717, 1.165) is 13.0 Å². The van der Waals surface area contributed by atoms with Gasteiger partial charge in [-0.15, -0.1) is 0 Å². The molecule has 1 rings (SSSR count). The van der Waals surface area contributed by atoms with Crippen LogP contribution in [-0.4, -0.2) is 24.4 Å². The summed E-state index contributed by atoms with van der Waals surface area (Å²) < 4.78 is 5.72. The second-order valence-corrected chi connectivity index (χ2v) is 3.61. The SMILES string of the molecule is CCCN(C)C(=O)c1ccc(Br)o1. The molecule has 0 aliphatic heterocycles. The zero-order chi connectivity index (χ0) is 9.84. The zero-order valence-electron chi connectivity index (χ0n) is 7.71. The average molecular weight is 246 g/mol. The van der Waals surface area contributed by atoms with Gasteiger partial charge in [0, 0.05) is 13.6 Å². The first-order valence-electron chi connectivity index (χ1n) is 4.16. The maximum absolute atomic E-state index is 11.6. The Morgan fingerprint density at radius 2 is 2.31 bits per heavy atom. The maximum atomic E-state index is 11.6. The third-order valence-corrected chi connectivity index (χ3v) is 2.12. The Bertz CT molecular complexity index is 296. The Hall–Kier alpha value is -0.770. The molecule has 0 atom stereocenters. The number of furan rings is 1. The van der Waals surface area contributed by atoms with E-state index in [-0.39, 0.29) is 5.91 Å². The summed E-state index contributed by atoms with van der Waals surface area (Å²) in [5.74, 6) is 0.301. The number of carbonyl (C=O) groups is 1. The van der Waals surface area contributed by atoms with Crippen LogP contribution in [0.1, 0.15) is 23.9 Å². The lowest BCUT2D eigenvalue weighted by atomic mass is 10.3. The summed E-state index contributed by atoms with van der Waals surface area (Å²) in [4.78, 5) is 13.2. The van der Waals surface area contributed by atoms with Crippen LogP contribution in [-0.2, 0) is 0 Å². The van der Waals surface area contributed by atoms with Crippen LogP contribution in [0, 0.1) is 0 Å². The van der Waals surface area contributed by atoms with Crippen molar-refractivity contribution in [1.82, 2.24) is 4.90 Å². The molecule has 0 saturated carbocycles. The molecule has 1 heterocycles. The predicted molar refractivity (Wildman–Crippen MR) is 53.7 cm³/mol. The van der Waals surface area contributed by atoms with Gasteiger partial charge in [0.15, 0.2) is 10.4 Å². The number of halogens is 1. The normalized spacial score (nSPS) is 10.1. The minimum atomic E-state index is -0.0763. The van der Waals surface area contributed by atoms with Gasteiger partial charge >= 0.3 is 0 Å². The molecule has 1 amide bonds. The summed E-state index contributed by atoms with van der Waals surface area (Å²) in [5.41, 5.74) is 0. The van der Waals surface area contributed by atoms with Gasteiger partial charge in [-0.3, -0.25) is 4.79 Å². The summed E-state index contributed by atoms with van der Waals surface area (Å²) in [5, 5.41) is 0. The van der Waals surface area contributed by atoms with Crippen molar-refractivity contribution in [2.45, 2.75) is 13.3 Å². The van der Waals surface area contributed by atoms with Gasteiger partial charge in [-0.2, -0.15) is 0 Å². The average Bonchev–Trinajstić information content (AvgIpc) is 2.51. The van der Waals surface area contributed by atoms with E-state index >= 15 is 0 Å². The molecule has 0 aromatic carbocycles. The molecule has 0 bridgehead atoms. The van der Waals surface area contributed by atoms with Crippen LogP contribution in [0.3, 0.4) is 0 Å². The molecule has 0 N–H and O–H groups in total. The standard InChI is InChI=1S/C9H12BrNO2/c1-3-6-11(2)9(12)7-4-5-8(10)13-7/h4-5H,3,6H2,1-2H3. The van der Waals surface area contributed by atoms with Crippen LogP contribution in [0.5, 0.6) is 0 Å². The molecule has 3 nitrogen and oxygen atoms in total. The molecule has 0 radical (unpaired) electrons. The minimum Gasteiger partial charge on any atom is -0.444 e. The second kappa shape index (κ2) is 4.46. The number of carbonyl (C=O) groups excluding carboxylic acids is 1. The summed E-state index contributed by atoms with van der Waals surface area (Å²) in [6, 6.07) is 3.38. The van der Waals surface area contributed by atoms with Crippen molar-refractivity contribution in [3.05, 3.63) is 22.6 Å². The second-order valence-electron chi connectivity index (χ2n) is 2.83. The van der Waals surface area contributed by atoms with Crippen molar-refractivity contribution in [1.29, 1.82) is 0 Å². The third kappa shape index (κ3) is 2.59. The van der Waals surface area contributed by atoms with Crippen molar-refractivity contribution in [3.63, 3.8) is 0 Å². The lowest BCUT2D eigenvalue weighted by Crippen LogP contribution is -2.26. The Morgan fingerprint density at radius 1 is 1.62 bits per heavy atom. The summed E-state index contributed by atoms with van der Waals surface area (Å²) in [6.07, 6.45) is 0.949.